The van der Waals surface area contributed by atoms with Crippen LogP contribution < -0.4 is 0 Å². The van der Waals surface area contributed by atoms with E-state index in [1.165, 1.54) is 29.9 Å². The Labute approximate surface area is 204 Å². The molecule has 6 heteroatoms. The molecule has 1 heterocycles. The highest BCUT2D eigenvalue weighted by molar-refractivity contribution is 5.82. The number of amides is 1. The van der Waals surface area contributed by atoms with Crippen LogP contribution in [0.5, 0.6) is 0 Å². The summed E-state index contributed by atoms with van der Waals surface area (Å²) in [6, 6.07) is 5.82. The maximum Gasteiger partial charge on any atom is 0.411 e. The molecule has 1 saturated heterocycles. The fourth-order valence-corrected chi connectivity index (χ4v) is 5.69. The molecule has 0 aromatic heterocycles. The van der Waals surface area contributed by atoms with E-state index in [2.05, 4.69) is 20.8 Å². The van der Waals surface area contributed by atoms with Gasteiger partial charge in [0.25, 0.3) is 0 Å². The molecule has 1 saturated carbocycles. The summed E-state index contributed by atoms with van der Waals surface area (Å²) in [5.41, 5.74) is 0.202. The predicted octanol–water partition coefficient (Wildman–Crippen LogP) is 6.25. The van der Waals surface area contributed by atoms with E-state index in [0.29, 0.717) is 49.7 Å². The summed E-state index contributed by atoms with van der Waals surface area (Å²) in [6.07, 6.45) is 4.05. The zero-order valence-corrected chi connectivity index (χ0v) is 21.7. The molecule has 5 atom stereocenters. The van der Waals surface area contributed by atoms with Crippen molar-refractivity contribution in [3.63, 3.8) is 0 Å². The number of halogens is 1. The summed E-state index contributed by atoms with van der Waals surface area (Å²) in [7, 11) is 0. The number of ether oxygens (including phenoxy) is 2. The fraction of sp³-hybridized carbons (Fsp3) is 0.714. The fourth-order valence-electron chi connectivity index (χ4n) is 5.69. The maximum absolute atomic E-state index is 13.7. The summed E-state index contributed by atoms with van der Waals surface area (Å²) in [6.45, 7) is 13.0. The first-order chi connectivity index (χ1) is 15.9. The third kappa shape index (κ3) is 7.19. The number of esters is 1. The van der Waals surface area contributed by atoms with Gasteiger partial charge in [-0.25, -0.2) is 14.0 Å². The molecule has 0 spiro atoms. The Balaban J connectivity index is 1.69. The Hall–Kier alpha value is -2.11. The average molecular weight is 476 g/mol. The molecule has 34 heavy (non-hydrogen) atoms. The standard InChI is InChI=1S/C28H42FNO4/c1-18(2)24-11-10-19(3)12-22(24)17-33-26(31)25-15-21(13-20-8-7-9-23(29)14-20)16-30(25)27(32)34-28(4,5)6/h7-9,14,18-19,21-22,24-25H,10-13,15-17H2,1-6H3/t19?,21?,22?,24-,25-/m0/s1. The lowest BCUT2D eigenvalue weighted by molar-refractivity contribution is -0.151. The molecule has 0 N–H and O–H groups in total. The van der Waals surface area contributed by atoms with Crippen molar-refractivity contribution >= 4 is 12.1 Å². The number of nitrogens with zero attached hydrogens (tertiary/aromatic N) is 1. The molecule has 1 amide bonds. The predicted molar refractivity (Wildman–Crippen MR) is 131 cm³/mol. The lowest BCUT2D eigenvalue weighted by atomic mass is 9.70. The van der Waals surface area contributed by atoms with Crippen molar-refractivity contribution in [2.24, 2.45) is 29.6 Å². The van der Waals surface area contributed by atoms with Crippen molar-refractivity contribution in [3.05, 3.63) is 35.6 Å². The molecule has 3 rings (SSSR count). The van der Waals surface area contributed by atoms with Gasteiger partial charge in [-0.1, -0.05) is 39.3 Å². The van der Waals surface area contributed by atoms with Gasteiger partial charge in [0.15, 0.2) is 0 Å². The maximum atomic E-state index is 13.7. The molecule has 1 aromatic rings. The van der Waals surface area contributed by atoms with E-state index >= 15 is 0 Å². The van der Waals surface area contributed by atoms with Crippen molar-refractivity contribution in [2.45, 2.75) is 85.3 Å². The second kappa shape index (κ2) is 11.1. The van der Waals surface area contributed by atoms with E-state index in [1.54, 1.807) is 6.07 Å². The lowest BCUT2D eigenvalue weighted by Crippen LogP contribution is -2.44. The van der Waals surface area contributed by atoms with E-state index in [0.717, 1.165) is 12.0 Å². The van der Waals surface area contributed by atoms with Crippen molar-refractivity contribution in [1.29, 1.82) is 0 Å². The Morgan fingerprint density at radius 1 is 1.18 bits per heavy atom. The first-order valence-electron chi connectivity index (χ1n) is 12.8. The van der Waals surface area contributed by atoms with E-state index < -0.39 is 17.7 Å². The number of hydrogen-bond donors (Lipinski definition) is 0. The number of carbonyl (C=O) groups is 2. The van der Waals surface area contributed by atoms with Crippen LogP contribution in [0.4, 0.5) is 9.18 Å². The topological polar surface area (TPSA) is 55.8 Å². The third-order valence-corrected chi connectivity index (χ3v) is 7.30. The van der Waals surface area contributed by atoms with E-state index in [-0.39, 0.29) is 17.7 Å². The molecule has 5 nitrogen and oxygen atoms in total. The summed E-state index contributed by atoms with van der Waals surface area (Å²) < 4.78 is 25.1. The second-order valence-corrected chi connectivity index (χ2v) is 11.8. The quantitative estimate of drug-likeness (QED) is 0.457. The van der Waals surface area contributed by atoms with Gasteiger partial charge in [0, 0.05) is 6.54 Å². The minimum atomic E-state index is -0.674. The minimum absolute atomic E-state index is 0.0324. The van der Waals surface area contributed by atoms with E-state index in [1.807, 2.05) is 26.8 Å². The van der Waals surface area contributed by atoms with Crippen LogP contribution in [0.2, 0.25) is 0 Å². The summed E-state index contributed by atoms with van der Waals surface area (Å²) in [4.78, 5) is 27.7. The Morgan fingerprint density at radius 2 is 1.91 bits per heavy atom. The van der Waals surface area contributed by atoms with Crippen molar-refractivity contribution < 1.29 is 23.5 Å². The molecule has 3 unspecified atom stereocenters. The molecule has 0 radical (unpaired) electrons. The van der Waals surface area contributed by atoms with E-state index in [4.69, 9.17) is 9.47 Å². The van der Waals surface area contributed by atoms with Crippen LogP contribution in [0.3, 0.4) is 0 Å². The van der Waals surface area contributed by atoms with Gasteiger partial charge in [-0.15, -0.1) is 0 Å². The highest BCUT2D eigenvalue weighted by Gasteiger charge is 2.43. The van der Waals surface area contributed by atoms with Gasteiger partial charge in [-0.3, -0.25) is 4.90 Å². The normalized spacial score (nSPS) is 27.6. The number of benzene rings is 1. The average Bonchev–Trinajstić information content (AvgIpc) is 3.14. The van der Waals surface area contributed by atoms with Crippen molar-refractivity contribution in [3.8, 4) is 0 Å². The number of rotatable bonds is 6. The molecule has 1 aliphatic carbocycles. The highest BCUT2D eigenvalue weighted by Crippen LogP contribution is 2.38. The van der Waals surface area contributed by atoms with Gasteiger partial charge in [0.05, 0.1) is 6.61 Å². The SMILES string of the molecule is CC1CC[C@@H](C(C)C)C(COC(=O)[C@@H]2CC(Cc3cccc(F)c3)CN2C(=O)OC(C)(C)C)C1. The van der Waals surface area contributed by atoms with Gasteiger partial charge in [-0.2, -0.15) is 0 Å². The molecule has 1 aromatic carbocycles. The van der Waals surface area contributed by atoms with Gasteiger partial charge in [-0.05, 0) is 93.7 Å². The summed E-state index contributed by atoms with van der Waals surface area (Å²) in [5, 5.41) is 0. The van der Waals surface area contributed by atoms with Gasteiger partial charge in [0.1, 0.15) is 17.5 Å². The molecule has 2 aliphatic rings. The first kappa shape index (κ1) is 26.5. The Morgan fingerprint density at radius 3 is 2.56 bits per heavy atom. The molecule has 0 bridgehead atoms. The number of carbonyl (C=O) groups excluding carboxylic acids is 2. The van der Waals surface area contributed by atoms with Crippen molar-refractivity contribution in [1.82, 2.24) is 4.90 Å². The largest absolute Gasteiger partial charge is 0.464 e. The molecule has 2 fully saturated rings. The summed E-state index contributed by atoms with van der Waals surface area (Å²) >= 11 is 0. The van der Waals surface area contributed by atoms with Gasteiger partial charge < -0.3 is 9.47 Å². The van der Waals surface area contributed by atoms with Crippen LogP contribution in [-0.2, 0) is 20.7 Å². The van der Waals surface area contributed by atoms with Crippen LogP contribution in [-0.4, -0.2) is 41.8 Å². The highest BCUT2D eigenvalue weighted by atomic mass is 19.1. The van der Waals surface area contributed by atoms with Gasteiger partial charge >= 0.3 is 12.1 Å². The first-order valence-corrected chi connectivity index (χ1v) is 12.8. The molecule has 1 aliphatic heterocycles. The molecular weight excluding hydrogens is 433 g/mol. The zero-order chi connectivity index (χ0) is 25.0. The zero-order valence-electron chi connectivity index (χ0n) is 21.7. The summed E-state index contributed by atoms with van der Waals surface area (Å²) in [5.74, 6) is 1.49. The van der Waals surface area contributed by atoms with Crippen LogP contribution in [0.15, 0.2) is 24.3 Å². The number of hydrogen-bond acceptors (Lipinski definition) is 4. The van der Waals surface area contributed by atoms with Crippen molar-refractivity contribution in [2.75, 3.05) is 13.2 Å². The van der Waals surface area contributed by atoms with Crippen LogP contribution >= 0.6 is 0 Å². The van der Waals surface area contributed by atoms with Crippen LogP contribution in [0, 0.1) is 35.4 Å². The Kier molecular flexibility index (Phi) is 8.64. The van der Waals surface area contributed by atoms with Gasteiger partial charge in [0.2, 0.25) is 0 Å². The third-order valence-electron chi connectivity index (χ3n) is 7.30. The van der Waals surface area contributed by atoms with E-state index in [9.17, 15) is 14.0 Å². The second-order valence-electron chi connectivity index (χ2n) is 11.8. The monoisotopic (exact) mass is 475 g/mol. The molecule has 190 valence electrons. The van der Waals surface area contributed by atoms with Crippen LogP contribution in [0.1, 0.15) is 72.8 Å². The van der Waals surface area contributed by atoms with Crippen LogP contribution in [0.25, 0.3) is 0 Å². The minimum Gasteiger partial charge on any atom is -0.464 e. The number of likely N-dealkylation sites (tertiary alicyclic amines) is 1. The Bertz CT molecular complexity index is 849. The molecular formula is C28H42FNO4. The smallest absolute Gasteiger partial charge is 0.411 e. The lowest BCUT2D eigenvalue weighted by Gasteiger charge is -2.37.